The van der Waals surface area contributed by atoms with Gasteiger partial charge in [0.05, 0.1) is 13.7 Å². The molecule has 1 saturated heterocycles. The van der Waals surface area contributed by atoms with Crippen molar-refractivity contribution in [3.63, 3.8) is 0 Å². The molecule has 0 unspecified atom stereocenters. The van der Waals surface area contributed by atoms with Gasteiger partial charge in [-0.25, -0.2) is 9.59 Å². The van der Waals surface area contributed by atoms with Gasteiger partial charge in [0.2, 0.25) is 0 Å². The molecular weight excluding hydrogens is 222 g/mol. The molecule has 1 aromatic carbocycles. The Hall–Kier alpha value is -2.04. The highest BCUT2D eigenvalue weighted by Crippen LogP contribution is 2.20. The molecule has 0 spiro atoms. The Kier molecular flexibility index (Phi) is 3.27. The van der Waals surface area contributed by atoms with Crippen LogP contribution in [0, 0.1) is 0 Å². The van der Waals surface area contributed by atoms with Gasteiger partial charge in [0, 0.05) is 0 Å². The SMILES string of the molecule is COC(=O)[C@@H]1CN1C(=O)OCc1ccccc1. The van der Waals surface area contributed by atoms with Crippen molar-refractivity contribution >= 4 is 12.1 Å². The van der Waals surface area contributed by atoms with E-state index in [4.69, 9.17) is 4.74 Å². The number of methoxy groups -OCH3 is 1. The number of ether oxygens (including phenoxy) is 2. The van der Waals surface area contributed by atoms with Crippen molar-refractivity contribution in [1.29, 1.82) is 0 Å². The summed E-state index contributed by atoms with van der Waals surface area (Å²) >= 11 is 0. The van der Waals surface area contributed by atoms with Gasteiger partial charge in [0.1, 0.15) is 6.61 Å². The topological polar surface area (TPSA) is 55.6 Å². The van der Waals surface area contributed by atoms with E-state index in [0.717, 1.165) is 5.56 Å². The van der Waals surface area contributed by atoms with Crippen molar-refractivity contribution in [3.8, 4) is 0 Å². The Balaban J connectivity index is 1.78. The van der Waals surface area contributed by atoms with Crippen molar-refractivity contribution < 1.29 is 19.1 Å². The quantitative estimate of drug-likeness (QED) is 0.583. The van der Waals surface area contributed by atoms with Crippen LogP contribution in [0.1, 0.15) is 5.56 Å². The van der Waals surface area contributed by atoms with E-state index < -0.39 is 18.1 Å². The summed E-state index contributed by atoms with van der Waals surface area (Å²) in [6.07, 6.45) is -0.482. The van der Waals surface area contributed by atoms with Crippen molar-refractivity contribution in [2.75, 3.05) is 13.7 Å². The van der Waals surface area contributed by atoms with Gasteiger partial charge in [0.25, 0.3) is 0 Å². The zero-order valence-corrected chi connectivity index (χ0v) is 9.46. The number of amides is 1. The molecule has 1 aliphatic rings. The highest BCUT2D eigenvalue weighted by Gasteiger charge is 2.46. The second-order valence-electron chi connectivity index (χ2n) is 3.73. The van der Waals surface area contributed by atoms with Gasteiger partial charge >= 0.3 is 12.1 Å². The average molecular weight is 235 g/mol. The normalized spacial score (nSPS) is 17.5. The lowest BCUT2D eigenvalue weighted by Crippen LogP contribution is -2.20. The number of carbonyl (C=O) groups is 2. The van der Waals surface area contributed by atoms with Gasteiger partial charge in [-0.1, -0.05) is 30.3 Å². The summed E-state index contributed by atoms with van der Waals surface area (Å²) in [7, 11) is 1.30. The molecule has 90 valence electrons. The largest absolute Gasteiger partial charge is 0.467 e. The van der Waals surface area contributed by atoms with Crippen LogP contribution in [0.4, 0.5) is 4.79 Å². The summed E-state index contributed by atoms with van der Waals surface area (Å²) in [5.74, 6) is -0.401. The first-order valence-corrected chi connectivity index (χ1v) is 5.27. The Morgan fingerprint density at radius 2 is 2.06 bits per heavy atom. The Morgan fingerprint density at radius 3 is 2.71 bits per heavy atom. The summed E-state index contributed by atoms with van der Waals surface area (Å²) in [6.45, 7) is 0.588. The van der Waals surface area contributed by atoms with Crippen LogP contribution in [0.15, 0.2) is 30.3 Å². The van der Waals surface area contributed by atoms with E-state index >= 15 is 0 Å². The lowest BCUT2D eigenvalue weighted by atomic mass is 10.2. The molecule has 17 heavy (non-hydrogen) atoms. The first-order chi connectivity index (χ1) is 8.22. The van der Waals surface area contributed by atoms with Crippen LogP contribution in [-0.2, 0) is 20.9 Å². The fourth-order valence-electron chi connectivity index (χ4n) is 1.48. The molecule has 5 nitrogen and oxygen atoms in total. The molecule has 1 atom stereocenters. The molecule has 5 heteroatoms. The summed E-state index contributed by atoms with van der Waals surface area (Å²) in [5.41, 5.74) is 0.914. The van der Waals surface area contributed by atoms with Gasteiger partial charge in [0.15, 0.2) is 6.04 Å². The van der Waals surface area contributed by atoms with E-state index in [1.807, 2.05) is 30.3 Å². The van der Waals surface area contributed by atoms with E-state index in [1.165, 1.54) is 12.0 Å². The average Bonchev–Trinajstić information content (AvgIpc) is 3.16. The molecule has 0 saturated carbocycles. The van der Waals surface area contributed by atoms with Crippen molar-refractivity contribution in [1.82, 2.24) is 4.90 Å². The molecule has 1 aromatic rings. The maximum absolute atomic E-state index is 11.5. The predicted octanol–water partition coefficient (Wildman–Crippen LogP) is 1.18. The molecule has 1 heterocycles. The van der Waals surface area contributed by atoms with Gasteiger partial charge < -0.3 is 9.47 Å². The van der Waals surface area contributed by atoms with Crippen LogP contribution < -0.4 is 0 Å². The highest BCUT2D eigenvalue weighted by molar-refractivity contribution is 5.86. The van der Waals surface area contributed by atoms with Gasteiger partial charge in [-0.15, -0.1) is 0 Å². The highest BCUT2D eigenvalue weighted by atomic mass is 16.6. The summed E-state index contributed by atoms with van der Waals surface area (Å²) in [6, 6.07) is 8.91. The van der Waals surface area contributed by atoms with E-state index in [1.54, 1.807) is 0 Å². The maximum Gasteiger partial charge on any atom is 0.411 e. The van der Waals surface area contributed by atoms with E-state index in [0.29, 0.717) is 6.54 Å². The summed E-state index contributed by atoms with van der Waals surface area (Å²) in [4.78, 5) is 23.9. The standard InChI is InChI=1S/C12H13NO4/c1-16-11(14)10-7-13(10)12(15)17-8-9-5-3-2-4-6-9/h2-6,10H,7-8H2,1H3/t10-,13?/m0/s1. The van der Waals surface area contributed by atoms with Crippen LogP contribution >= 0.6 is 0 Å². The predicted molar refractivity (Wildman–Crippen MR) is 59.1 cm³/mol. The maximum atomic E-state index is 11.5. The van der Waals surface area contributed by atoms with E-state index in [2.05, 4.69) is 4.74 Å². The fraction of sp³-hybridized carbons (Fsp3) is 0.333. The molecular formula is C12H13NO4. The third kappa shape index (κ3) is 2.75. The summed E-state index contributed by atoms with van der Waals surface area (Å²) in [5, 5.41) is 0. The van der Waals surface area contributed by atoms with Gasteiger partial charge in [-0.3, -0.25) is 4.90 Å². The van der Waals surface area contributed by atoms with Gasteiger partial charge in [-0.05, 0) is 5.56 Å². The van der Waals surface area contributed by atoms with E-state index in [9.17, 15) is 9.59 Å². The Labute approximate surface area is 98.9 Å². The van der Waals surface area contributed by atoms with E-state index in [-0.39, 0.29) is 6.61 Å². The van der Waals surface area contributed by atoms with Crippen LogP contribution in [0.5, 0.6) is 0 Å². The number of hydrogen-bond acceptors (Lipinski definition) is 4. The molecule has 0 aliphatic carbocycles. The van der Waals surface area contributed by atoms with Crippen molar-refractivity contribution in [2.24, 2.45) is 0 Å². The van der Waals surface area contributed by atoms with Crippen molar-refractivity contribution in [2.45, 2.75) is 12.6 Å². The van der Waals surface area contributed by atoms with Crippen LogP contribution in [-0.4, -0.2) is 36.7 Å². The second-order valence-corrected chi connectivity index (χ2v) is 3.73. The summed E-state index contributed by atoms with van der Waals surface area (Å²) < 4.78 is 9.59. The van der Waals surface area contributed by atoms with Crippen molar-refractivity contribution in [3.05, 3.63) is 35.9 Å². The zero-order valence-electron chi connectivity index (χ0n) is 9.46. The van der Waals surface area contributed by atoms with Crippen LogP contribution in [0.2, 0.25) is 0 Å². The molecule has 0 bridgehead atoms. The molecule has 1 fully saturated rings. The lowest BCUT2D eigenvalue weighted by molar-refractivity contribution is -0.140. The van der Waals surface area contributed by atoms with Crippen LogP contribution in [0.3, 0.4) is 0 Å². The minimum absolute atomic E-state index is 0.212. The fourth-order valence-corrected chi connectivity index (χ4v) is 1.48. The molecule has 0 N–H and O–H groups in total. The second kappa shape index (κ2) is 4.86. The smallest absolute Gasteiger partial charge is 0.411 e. The number of rotatable bonds is 3. The molecule has 2 rings (SSSR count). The first-order valence-electron chi connectivity index (χ1n) is 5.27. The Bertz CT molecular complexity index is 418. The van der Waals surface area contributed by atoms with Crippen LogP contribution in [0.25, 0.3) is 0 Å². The number of benzene rings is 1. The number of esters is 1. The first kappa shape index (κ1) is 11.4. The monoisotopic (exact) mass is 235 g/mol. The number of hydrogen-bond donors (Lipinski definition) is 0. The molecule has 1 aliphatic heterocycles. The molecule has 0 radical (unpaired) electrons. The molecule has 1 amide bonds. The Morgan fingerprint density at radius 1 is 1.35 bits per heavy atom. The minimum atomic E-state index is -0.482. The number of nitrogens with zero attached hydrogens (tertiary/aromatic N) is 1. The third-order valence-corrected chi connectivity index (χ3v) is 2.53. The third-order valence-electron chi connectivity index (χ3n) is 2.53. The zero-order chi connectivity index (χ0) is 12.3. The molecule has 0 aromatic heterocycles. The lowest BCUT2D eigenvalue weighted by Gasteiger charge is -2.05. The minimum Gasteiger partial charge on any atom is -0.467 e. The number of carbonyl (C=O) groups excluding carboxylic acids is 2. The van der Waals surface area contributed by atoms with Gasteiger partial charge in [-0.2, -0.15) is 0 Å².